The van der Waals surface area contributed by atoms with Crippen LogP contribution in [0.5, 0.6) is 5.75 Å². The van der Waals surface area contributed by atoms with Crippen molar-refractivity contribution in [1.82, 2.24) is 19.7 Å². The van der Waals surface area contributed by atoms with Crippen LogP contribution in [0.3, 0.4) is 0 Å². The van der Waals surface area contributed by atoms with Gasteiger partial charge in [-0.05, 0) is 72.4 Å². The molecule has 0 saturated carbocycles. The second-order valence-electron chi connectivity index (χ2n) is 10.3. The number of benzene rings is 2. The zero-order chi connectivity index (χ0) is 31.4. The van der Waals surface area contributed by atoms with E-state index in [0.29, 0.717) is 35.3 Å². The summed E-state index contributed by atoms with van der Waals surface area (Å²) in [5.41, 5.74) is 4.14. The lowest BCUT2D eigenvalue weighted by Crippen LogP contribution is -2.31. The minimum absolute atomic E-state index is 0.135. The molecule has 228 valence electrons. The van der Waals surface area contributed by atoms with Crippen LogP contribution in [0.1, 0.15) is 42.3 Å². The molecule has 0 aliphatic carbocycles. The summed E-state index contributed by atoms with van der Waals surface area (Å²) >= 11 is 1.21. The van der Waals surface area contributed by atoms with E-state index in [1.807, 2.05) is 45.0 Å². The fourth-order valence-corrected chi connectivity index (χ4v) is 5.34. The van der Waals surface area contributed by atoms with Gasteiger partial charge in [-0.3, -0.25) is 15.0 Å². The van der Waals surface area contributed by atoms with Gasteiger partial charge in [-0.1, -0.05) is 43.8 Å². The summed E-state index contributed by atoms with van der Waals surface area (Å²) in [6.45, 7) is 6.05. The first-order chi connectivity index (χ1) is 20.9. The maximum atomic E-state index is 12.8. The molecular formula is C30H28F3N7O3S. The topological polar surface area (TPSA) is 115 Å². The highest BCUT2D eigenvalue weighted by Gasteiger charge is 2.33. The van der Waals surface area contributed by atoms with Gasteiger partial charge in [-0.2, -0.15) is 10.1 Å². The van der Waals surface area contributed by atoms with Crippen molar-refractivity contribution in [3.63, 3.8) is 0 Å². The number of carbonyl (C=O) groups is 2. The molecule has 0 spiro atoms. The molecule has 0 bridgehead atoms. The predicted octanol–water partition coefficient (Wildman–Crippen LogP) is 6.45. The van der Waals surface area contributed by atoms with Crippen molar-refractivity contribution in [3.05, 3.63) is 89.6 Å². The number of anilines is 2. The summed E-state index contributed by atoms with van der Waals surface area (Å²) in [6.07, 6.45) is -0.600. The maximum absolute atomic E-state index is 12.8. The number of aromatic nitrogens is 4. The fraction of sp³-hybridized carbons (Fsp3) is 0.267. The number of nitrogens with one attached hydrogen (secondary N) is 1. The summed E-state index contributed by atoms with van der Waals surface area (Å²) in [5.74, 6) is 0.762. The number of thioether (sulfide) groups is 1. The van der Waals surface area contributed by atoms with E-state index in [1.165, 1.54) is 51.9 Å². The van der Waals surface area contributed by atoms with Crippen LogP contribution in [0.25, 0.3) is 5.69 Å². The molecule has 3 heterocycles. The Morgan fingerprint density at radius 2 is 1.86 bits per heavy atom. The van der Waals surface area contributed by atoms with Gasteiger partial charge in [0.2, 0.25) is 5.91 Å². The molecule has 1 aliphatic rings. The molecule has 1 fully saturated rings. The SMILES string of the molecule is Cc1ccc(C(C)C)c(N2C(=O)CS/C2=N\C(=O)Nc2ccc(CCc3ncn(-c4ccc(OC(F)(F)F)cc4)n3)cn2)c1. The Labute approximate surface area is 255 Å². The number of ether oxygens (including phenoxy) is 1. The number of aliphatic imine (C=N–C) groups is 1. The number of carbonyl (C=O) groups excluding carboxylic acids is 2. The molecule has 1 saturated heterocycles. The number of amides is 3. The number of amidine groups is 1. The zero-order valence-electron chi connectivity index (χ0n) is 24.0. The van der Waals surface area contributed by atoms with Crippen LogP contribution in [0.15, 0.2) is 72.1 Å². The van der Waals surface area contributed by atoms with Gasteiger partial charge in [-0.25, -0.2) is 19.4 Å². The summed E-state index contributed by atoms with van der Waals surface area (Å²) in [7, 11) is 0. The zero-order valence-corrected chi connectivity index (χ0v) is 24.8. The molecule has 4 aromatic rings. The van der Waals surface area contributed by atoms with Gasteiger partial charge in [0.05, 0.1) is 17.1 Å². The summed E-state index contributed by atoms with van der Waals surface area (Å²) in [6, 6.07) is 14.1. The van der Waals surface area contributed by atoms with Crippen molar-refractivity contribution in [2.75, 3.05) is 16.0 Å². The third-order valence-corrected chi connectivity index (χ3v) is 7.51. The van der Waals surface area contributed by atoms with Gasteiger partial charge in [0, 0.05) is 12.6 Å². The fourth-order valence-electron chi connectivity index (χ4n) is 4.48. The van der Waals surface area contributed by atoms with Crippen LogP contribution in [-0.2, 0) is 17.6 Å². The van der Waals surface area contributed by atoms with Crippen LogP contribution < -0.4 is 15.0 Å². The Balaban J connectivity index is 1.18. The van der Waals surface area contributed by atoms with E-state index in [2.05, 4.69) is 30.1 Å². The summed E-state index contributed by atoms with van der Waals surface area (Å²) < 4.78 is 42.5. The van der Waals surface area contributed by atoms with Gasteiger partial charge >= 0.3 is 12.4 Å². The monoisotopic (exact) mass is 623 g/mol. The molecule has 10 nitrogen and oxygen atoms in total. The van der Waals surface area contributed by atoms with Crippen molar-refractivity contribution < 1.29 is 27.5 Å². The molecule has 1 aliphatic heterocycles. The van der Waals surface area contributed by atoms with Crippen molar-refractivity contribution in [2.45, 2.75) is 45.9 Å². The number of hydrogen-bond acceptors (Lipinski definition) is 7. The van der Waals surface area contributed by atoms with E-state index in [-0.39, 0.29) is 23.3 Å². The Hall–Kier alpha value is -4.72. The number of hydrogen-bond donors (Lipinski definition) is 1. The van der Waals surface area contributed by atoms with E-state index in [0.717, 1.165) is 22.4 Å². The molecule has 2 aromatic heterocycles. The van der Waals surface area contributed by atoms with Crippen molar-refractivity contribution >= 4 is 40.4 Å². The average molecular weight is 624 g/mol. The number of rotatable bonds is 8. The van der Waals surface area contributed by atoms with Crippen molar-refractivity contribution in [3.8, 4) is 11.4 Å². The molecule has 1 N–H and O–H groups in total. The molecule has 2 aromatic carbocycles. The van der Waals surface area contributed by atoms with E-state index < -0.39 is 12.4 Å². The molecule has 0 unspecified atom stereocenters. The highest BCUT2D eigenvalue weighted by Crippen LogP contribution is 2.34. The van der Waals surface area contributed by atoms with Crippen LogP contribution in [-0.4, -0.2) is 49.0 Å². The van der Waals surface area contributed by atoms with E-state index in [1.54, 1.807) is 12.3 Å². The second-order valence-corrected chi connectivity index (χ2v) is 11.2. The van der Waals surface area contributed by atoms with Gasteiger partial charge in [0.25, 0.3) is 0 Å². The standard InChI is InChI=1S/C30H28F3N7O3S/c1-18(2)23-11-4-19(3)14-24(23)40-27(41)16-44-29(40)37-28(42)36-25-12-5-20(15-34-25)6-13-26-35-17-39(38-26)21-7-9-22(10-8-21)43-30(31,32)33/h4-5,7-12,14-15,17-18H,6,13,16H2,1-3H3,(H,34,36,42)/b37-29-. The number of pyridine rings is 1. The smallest absolute Gasteiger partial charge is 0.406 e. The van der Waals surface area contributed by atoms with Crippen molar-refractivity contribution in [2.24, 2.45) is 4.99 Å². The molecular weight excluding hydrogens is 595 g/mol. The highest BCUT2D eigenvalue weighted by atomic mass is 32.2. The van der Waals surface area contributed by atoms with Gasteiger partial charge in [-0.15, -0.1) is 13.2 Å². The third-order valence-electron chi connectivity index (χ3n) is 6.58. The average Bonchev–Trinajstić information content (AvgIpc) is 3.58. The third kappa shape index (κ3) is 7.61. The number of aryl methyl sites for hydroxylation is 3. The van der Waals surface area contributed by atoms with Crippen molar-refractivity contribution in [1.29, 1.82) is 0 Å². The van der Waals surface area contributed by atoms with Gasteiger partial charge < -0.3 is 4.74 Å². The largest absolute Gasteiger partial charge is 0.573 e. The van der Waals surface area contributed by atoms with Gasteiger partial charge in [0.15, 0.2) is 11.0 Å². The highest BCUT2D eigenvalue weighted by molar-refractivity contribution is 8.15. The second kappa shape index (κ2) is 12.9. The number of nitrogens with zero attached hydrogens (tertiary/aromatic N) is 6. The van der Waals surface area contributed by atoms with Gasteiger partial charge in [0.1, 0.15) is 17.9 Å². The van der Waals surface area contributed by atoms with E-state index in [9.17, 15) is 22.8 Å². The maximum Gasteiger partial charge on any atom is 0.573 e. The minimum atomic E-state index is -4.76. The minimum Gasteiger partial charge on any atom is -0.406 e. The Morgan fingerprint density at radius 3 is 2.55 bits per heavy atom. The first kappa shape index (κ1) is 30.7. The Kier molecular flexibility index (Phi) is 8.99. The molecule has 5 rings (SSSR count). The molecule has 3 amide bonds. The first-order valence-electron chi connectivity index (χ1n) is 13.6. The number of alkyl halides is 3. The van der Waals surface area contributed by atoms with E-state index in [4.69, 9.17) is 0 Å². The lowest BCUT2D eigenvalue weighted by atomic mass is 9.99. The Bertz CT molecular complexity index is 1690. The van der Waals surface area contributed by atoms with E-state index >= 15 is 0 Å². The number of halogens is 3. The van der Waals surface area contributed by atoms with Crippen LogP contribution in [0.2, 0.25) is 0 Å². The first-order valence-corrected chi connectivity index (χ1v) is 14.6. The van der Waals surface area contributed by atoms with Crippen LogP contribution in [0.4, 0.5) is 29.5 Å². The lowest BCUT2D eigenvalue weighted by Gasteiger charge is -2.22. The lowest BCUT2D eigenvalue weighted by molar-refractivity contribution is -0.274. The normalized spacial score (nSPS) is 14.5. The van der Waals surface area contributed by atoms with Crippen LogP contribution >= 0.6 is 11.8 Å². The summed E-state index contributed by atoms with van der Waals surface area (Å²) in [5, 5.41) is 7.35. The molecule has 14 heteroatoms. The quantitative estimate of drug-likeness (QED) is 0.240. The predicted molar refractivity (Wildman–Crippen MR) is 161 cm³/mol. The molecule has 0 radical (unpaired) electrons. The van der Waals surface area contributed by atoms with Crippen LogP contribution in [0, 0.1) is 6.92 Å². The number of urea groups is 1. The molecule has 0 atom stereocenters. The Morgan fingerprint density at radius 1 is 1.09 bits per heavy atom. The molecule has 44 heavy (non-hydrogen) atoms. The summed E-state index contributed by atoms with van der Waals surface area (Å²) in [4.78, 5) is 39.8.